The second-order valence-corrected chi connectivity index (χ2v) is 5.84. The lowest BCUT2D eigenvalue weighted by atomic mass is 10.1. The molecule has 5 nitrogen and oxygen atoms in total. The number of nitrogens with one attached hydrogen (secondary N) is 1. The predicted octanol–water partition coefficient (Wildman–Crippen LogP) is 1.76. The maximum absolute atomic E-state index is 4.44. The molecule has 3 heterocycles. The molecule has 19 heavy (non-hydrogen) atoms. The molecular formula is C13H18BrN5. The SMILES string of the molecule is CC1C=C(Br)n2ncnc2C(N2CCNCC2)=CC1. The Labute approximate surface area is 121 Å². The number of piperazine rings is 1. The van der Waals surface area contributed by atoms with Gasteiger partial charge in [-0.05, 0) is 34.3 Å². The molecule has 1 N–H and O–H groups in total. The Bertz CT molecular complexity index is 513. The minimum atomic E-state index is 0.490. The quantitative estimate of drug-likeness (QED) is 0.855. The Balaban J connectivity index is 2.00. The smallest absolute Gasteiger partial charge is 0.179 e. The molecule has 1 saturated heterocycles. The third kappa shape index (κ3) is 2.60. The topological polar surface area (TPSA) is 46.0 Å². The van der Waals surface area contributed by atoms with Crippen LogP contribution in [0.3, 0.4) is 0 Å². The van der Waals surface area contributed by atoms with Crippen LogP contribution >= 0.6 is 15.9 Å². The van der Waals surface area contributed by atoms with E-state index in [2.05, 4.69) is 55.3 Å². The maximum atomic E-state index is 4.44. The molecule has 0 spiro atoms. The Morgan fingerprint density at radius 1 is 1.37 bits per heavy atom. The number of aromatic nitrogens is 3. The molecule has 0 radical (unpaired) electrons. The zero-order chi connectivity index (χ0) is 13.2. The number of hydrogen-bond acceptors (Lipinski definition) is 4. The van der Waals surface area contributed by atoms with Gasteiger partial charge in [-0.2, -0.15) is 5.10 Å². The van der Waals surface area contributed by atoms with Gasteiger partial charge in [0.2, 0.25) is 0 Å². The van der Waals surface area contributed by atoms with Crippen molar-refractivity contribution in [3.8, 4) is 0 Å². The van der Waals surface area contributed by atoms with Gasteiger partial charge >= 0.3 is 0 Å². The molecule has 1 aromatic heterocycles. The normalized spacial score (nSPS) is 24.1. The Hall–Kier alpha value is -1.14. The van der Waals surface area contributed by atoms with Crippen molar-refractivity contribution in [2.75, 3.05) is 26.2 Å². The molecule has 0 aliphatic carbocycles. The second kappa shape index (κ2) is 5.46. The first-order valence-corrected chi connectivity index (χ1v) is 7.49. The maximum Gasteiger partial charge on any atom is 0.179 e. The molecule has 0 aromatic carbocycles. The highest BCUT2D eigenvalue weighted by Crippen LogP contribution is 2.28. The van der Waals surface area contributed by atoms with Crippen LogP contribution in [0.2, 0.25) is 0 Å². The Morgan fingerprint density at radius 2 is 2.16 bits per heavy atom. The molecule has 2 aliphatic heterocycles. The van der Waals surface area contributed by atoms with E-state index in [-0.39, 0.29) is 0 Å². The van der Waals surface area contributed by atoms with Gasteiger partial charge in [0, 0.05) is 26.2 Å². The van der Waals surface area contributed by atoms with Crippen LogP contribution in [0.15, 0.2) is 18.5 Å². The van der Waals surface area contributed by atoms with Gasteiger partial charge in [0.1, 0.15) is 10.9 Å². The largest absolute Gasteiger partial charge is 0.366 e. The van der Waals surface area contributed by atoms with Crippen LogP contribution in [0, 0.1) is 5.92 Å². The summed E-state index contributed by atoms with van der Waals surface area (Å²) in [5.41, 5.74) is 1.20. The lowest BCUT2D eigenvalue weighted by Gasteiger charge is -2.32. The number of rotatable bonds is 1. The minimum absolute atomic E-state index is 0.490. The molecule has 6 heteroatoms. The van der Waals surface area contributed by atoms with Crippen LogP contribution < -0.4 is 5.32 Å². The highest BCUT2D eigenvalue weighted by atomic mass is 79.9. The van der Waals surface area contributed by atoms with Crippen LogP contribution in [0.5, 0.6) is 0 Å². The Kier molecular flexibility index (Phi) is 3.70. The molecule has 0 amide bonds. The fraction of sp³-hybridized carbons (Fsp3) is 0.538. The van der Waals surface area contributed by atoms with Crippen LogP contribution in [-0.2, 0) is 0 Å². The molecular weight excluding hydrogens is 306 g/mol. The van der Waals surface area contributed by atoms with E-state index in [1.165, 1.54) is 5.70 Å². The monoisotopic (exact) mass is 323 g/mol. The molecule has 2 aliphatic rings. The van der Waals surface area contributed by atoms with Crippen LogP contribution in [0.4, 0.5) is 0 Å². The van der Waals surface area contributed by atoms with Crippen molar-refractivity contribution in [2.45, 2.75) is 13.3 Å². The molecule has 102 valence electrons. The lowest BCUT2D eigenvalue weighted by Crippen LogP contribution is -2.42. The number of fused-ring (bicyclic) bond motifs is 1. The fourth-order valence-corrected chi connectivity index (χ4v) is 3.22. The molecule has 1 atom stereocenters. The number of nitrogens with zero attached hydrogens (tertiary/aromatic N) is 4. The van der Waals surface area contributed by atoms with Gasteiger partial charge in [0.15, 0.2) is 5.82 Å². The predicted molar refractivity (Wildman–Crippen MR) is 79.4 cm³/mol. The van der Waals surface area contributed by atoms with Crippen LogP contribution in [0.25, 0.3) is 10.3 Å². The van der Waals surface area contributed by atoms with Crippen molar-refractivity contribution in [3.63, 3.8) is 0 Å². The average molecular weight is 324 g/mol. The Morgan fingerprint density at radius 3 is 2.95 bits per heavy atom. The van der Waals surface area contributed by atoms with E-state index < -0.39 is 0 Å². The van der Waals surface area contributed by atoms with Gasteiger partial charge in [0.25, 0.3) is 0 Å². The summed E-state index contributed by atoms with van der Waals surface area (Å²) in [6.07, 6.45) is 7.13. The molecule has 1 aromatic rings. The summed E-state index contributed by atoms with van der Waals surface area (Å²) in [4.78, 5) is 6.84. The van der Waals surface area contributed by atoms with E-state index >= 15 is 0 Å². The lowest BCUT2D eigenvalue weighted by molar-refractivity contribution is 0.337. The summed E-state index contributed by atoms with van der Waals surface area (Å²) in [6.45, 7) is 6.31. The summed E-state index contributed by atoms with van der Waals surface area (Å²) in [7, 11) is 0. The first-order valence-electron chi connectivity index (χ1n) is 6.69. The number of halogens is 1. The van der Waals surface area contributed by atoms with Gasteiger partial charge in [-0.1, -0.05) is 13.0 Å². The van der Waals surface area contributed by atoms with E-state index in [0.29, 0.717) is 5.92 Å². The minimum Gasteiger partial charge on any atom is -0.366 e. The highest BCUT2D eigenvalue weighted by molar-refractivity contribution is 9.14. The number of allylic oxidation sites excluding steroid dienone is 2. The summed E-state index contributed by atoms with van der Waals surface area (Å²) in [5, 5.41) is 7.71. The van der Waals surface area contributed by atoms with Crippen molar-refractivity contribution in [2.24, 2.45) is 5.92 Å². The van der Waals surface area contributed by atoms with Crippen molar-refractivity contribution < 1.29 is 0 Å². The van der Waals surface area contributed by atoms with Gasteiger partial charge in [0.05, 0.1) is 5.70 Å². The molecule has 0 bridgehead atoms. The summed E-state index contributed by atoms with van der Waals surface area (Å²) < 4.78 is 2.86. The third-order valence-electron chi connectivity index (χ3n) is 3.54. The molecule has 3 rings (SSSR count). The van der Waals surface area contributed by atoms with Gasteiger partial charge < -0.3 is 10.2 Å². The van der Waals surface area contributed by atoms with Crippen molar-refractivity contribution in [3.05, 3.63) is 24.3 Å². The summed E-state index contributed by atoms with van der Waals surface area (Å²) in [5.74, 6) is 1.42. The fourth-order valence-electron chi connectivity index (χ4n) is 2.51. The molecule has 1 unspecified atom stereocenters. The molecule has 0 saturated carbocycles. The number of hydrogen-bond donors (Lipinski definition) is 1. The van der Waals surface area contributed by atoms with Gasteiger partial charge in [-0.3, -0.25) is 0 Å². The van der Waals surface area contributed by atoms with Crippen molar-refractivity contribution in [1.82, 2.24) is 25.0 Å². The summed E-state index contributed by atoms with van der Waals surface area (Å²) in [6, 6.07) is 0. The van der Waals surface area contributed by atoms with Crippen LogP contribution in [-0.4, -0.2) is 45.8 Å². The van der Waals surface area contributed by atoms with E-state index in [0.717, 1.165) is 43.0 Å². The second-order valence-electron chi connectivity index (χ2n) is 5.02. The van der Waals surface area contributed by atoms with Gasteiger partial charge in [-0.15, -0.1) is 0 Å². The zero-order valence-corrected chi connectivity index (χ0v) is 12.6. The standard InChI is InChI=1S/C13H18BrN5/c1-10-2-3-11(18-6-4-15-5-7-18)13-16-9-17-19(13)12(14)8-10/h3,8-10,15H,2,4-7H2,1H3. The van der Waals surface area contributed by atoms with E-state index in [9.17, 15) is 0 Å². The summed E-state index contributed by atoms with van der Waals surface area (Å²) >= 11 is 3.61. The van der Waals surface area contributed by atoms with Crippen molar-refractivity contribution in [1.29, 1.82) is 0 Å². The average Bonchev–Trinajstić information content (AvgIpc) is 2.88. The zero-order valence-electron chi connectivity index (χ0n) is 11.0. The van der Waals surface area contributed by atoms with Crippen molar-refractivity contribution >= 4 is 26.2 Å². The third-order valence-corrected chi connectivity index (χ3v) is 4.14. The van der Waals surface area contributed by atoms with E-state index in [4.69, 9.17) is 0 Å². The van der Waals surface area contributed by atoms with E-state index in [1.54, 1.807) is 6.33 Å². The van der Waals surface area contributed by atoms with Crippen LogP contribution in [0.1, 0.15) is 19.2 Å². The first kappa shape index (κ1) is 12.9. The van der Waals surface area contributed by atoms with Gasteiger partial charge in [-0.25, -0.2) is 9.67 Å². The first-order chi connectivity index (χ1) is 9.25. The molecule has 1 fully saturated rings. The van der Waals surface area contributed by atoms with E-state index in [1.807, 2.05) is 4.68 Å². The highest BCUT2D eigenvalue weighted by Gasteiger charge is 2.21.